The Morgan fingerprint density at radius 2 is 1.77 bits per heavy atom. The first kappa shape index (κ1) is 16.0. The first-order valence-electron chi connectivity index (χ1n) is 8.23. The van der Waals surface area contributed by atoms with Crippen LogP contribution < -0.4 is 5.56 Å². The lowest BCUT2D eigenvalue weighted by Crippen LogP contribution is -2.20. The number of aromatic carboxylic acids is 1. The summed E-state index contributed by atoms with van der Waals surface area (Å²) in [5.74, 6) is -1.92. The number of aromatic hydroxyl groups is 1. The van der Waals surface area contributed by atoms with Gasteiger partial charge in [-0.3, -0.25) is 4.79 Å². The summed E-state index contributed by atoms with van der Waals surface area (Å²) >= 11 is 0. The van der Waals surface area contributed by atoms with Crippen molar-refractivity contribution in [2.24, 2.45) is 0 Å². The molecule has 0 saturated carbocycles. The van der Waals surface area contributed by atoms with Gasteiger partial charge in [-0.2, -0.15) is 0 Å². The van der Waals surface area contributed by atoms with Crippen molar-refractivity contribution in [3.8, 4) is 17.0 Å². The Kier molecular flexibility index (Phi) is 3.54. The van der Waals surface area contributed by atoms with Crippen LogP contribution in [0.1, 0.15) is 22.8 Å². The zero-order valence-corrected chi connectivity index (χ0v) is 14.0. The zero-order valence-electron chi connectivity index (χ0n) is 14.0. The molecule has 0 unspecified atom stereocenters. The second kappa shape index (κ2) is 5.77. The number of H-pyrrole nitrogens is 2. The van der Waals surface area contributed by atoms with Gasteiger partial charge in [-0.1, -0.05) is 37.3 Å². The van der Waals surface area contributed by atoms with Crippen molar-refractivity contribution in [3.63, 3.8) is 0 Å². The van der Waals surface area contributed by atoms with Crippen LogP contribution in [0.3, 0.4) is 0 Å². The summed E-state index contributed by atoms with van der Waals surface area (Å²) in [5, 5.41) is 21.6. The molecule has 0 bridgehead atoms. The molecule has 0 saturated heterocycles. The molecule has 0 aliphatic heterocycles. The normalized spacial score (nSPS) is 11.3. The van der Waals surface area contributed by atoms with Gasteiger partial charge in [0.2, 0.25) is 0 Å². The fraction of sp³-hybridized carbons (Fsp3) is 0.100. The molecule has 2 aromatic carbocycles. The third-order valence-corrected chi connectivity index (χ3v) is 4.65. The van der Waals surface area contributed by atoms with E-state index in [0.717, 1.165) is 21.8 Å². The summed E-state index contributed by atoms with van der Waals surface area (Å²) in [6.07, 6.45) is 0.378. The molecule has 0 amide bonds. The highest BCUT2D eigenvalue weighted by atomic mass is 16.4. The first-order valence-corrected chi connectivity index (χ1v) is 8.23. The van der Waals surface area contributed by atoms with Crippen molar-refractivity contribution in [2.75, 3.05) is 0 Å². The zero-order chi connectivity index (χ0) is 18.4. The van der Waals surface area contributed by atoms with E-state index < -0.39 is 22.8 Å². The minimum atomic E-state index is -1.45. The van der Waals surface area contributed by atoms with Crippen LogP contribution >= 0.6 is 0 Å². The molecule has 130 valence electrons. The van der Waals surface area contributed by atoms with Gasteiger partial charge < -0.3 is 20.2 Å². The predicted molar refractivity (Wildman–Crippen MR) is 99.9 cm³/mol. The number of aromatic nitrogens is 2. The maximum Gasteiger partial charge on any atom is 0.345 e. The number of carboxylic acids is 1. The van der Waals surface area contributed by atoms with Crippen molar-refractivity contribution in [3.05, 3.63) is 63.9 Å². The van der Waals surface area contributed by atoms with E-state index >= 15 is 0 Å². The fourth-order valence-corrected chi connectivity index (χ4v) is 3.43. The Hall–Kier alpha value is -3.54. The van der Waals surface area contributed by atoms with E-state index in [-0.39, 0.29) is 0 Å². The molecule has 6 heteroatoms. The molecule has 26 heavy (non-hydrogen) atoms. The Morgan fingerprint density at radius 1 is 1.04 bits per heavy atom. The number of nitrogens with one attached hydrogen (secondary N) is 2. The second-order valence-corrected chi connectivity index (χ2v) is 6.12. The summed E-state index contributed by atoms with van der Waals surface area (Å²) in [6.45, 7) is 1.80. The van der Waals surface area contributed by atoms with E-state index in [1.165, 1.54) is 0 Å². The minimum absolute atomic E-state index is 0.378. The van der Waals surface area contributed by atoms with E-state index in [1.54, 1.807) is 6.92 Å². The smallest absolute Gasteiger partial charge is 0.345 e. The number of hydrogen-bond acceptors (Lipinski definition) is 3. The standard InChI is InChI=1S/C20H16N2O4/c1-2-11-17(22-19(24)16(18(11)23)20(25)26)10-7-8-13-12-5-3-4-6-14(12)21-15(13)9-10/h3-9,21H,2H2,1H3,(H,25,26)(H2,22,23,24). The van der Waals surface area contributed by atoms with Gasteiger partial charge in [-0.05, 0) is 18.6 Å². The topological polar surface area (TPSA) is 106 Å². The van der Waals surface area contributed by atoms with Gasteiger partial charge in [0, 0.05) is 32.9 Å². The molecule has 0 radical (unpaired) electrons. The Bertz CT molecular complexity index is 1230. The number of carboxylic acid groups (broad SMARTS) is 1. The number of pyridine rings is 1. The third-order valence-electron chi connectivity index (χ3n) is 4.65. The summed E-state index contributed by atoms with van der Waals surface area (Å²) < 4.78 is 0. The quantitative estimate of drug-likeness (QED) is 0.453. The Morgan fingerprint density at radius 3 is 2.50 bits per heavy atom. The van der Waals surface area contributed by atoms with Crippen molar-refractivity contribution < 1.29 is 15.0 Å². The maximum absolute atomic E-state index is 12.1. The molecule has 4 rings (SSSR count). The predicted octanol–water partition coefficient (Wildman–Crippen LogP) is 3.64. The van der Waals surface area contributed by atoms with E-state index in [9.17, 15) is 14.7 Å². The molecule has 0 fully saturated rings. The number of para-hydroxylation sites is 1. The second-order valence-electron chi connectivity index (χ2n) is 6.12. The number of hydrogen-bond donors (Lipinski definition) is 4. The number of aromatic amines is 2. The van der Waals surface area contributed by atoms with Crippen LogP contribution in [-0.4, -0.2) is 26.2 Å². The highest BCUT2D eigenvalue weighted by Gasteiger charge is 2.22. The molecule has 2 aromatic heterocycles. The molecule has 2 heterocycles. The summed E-state index contributed by atoms with van der Waals surface area (Å²) in [5.41, 5.74) is 1.99. The minimum Gasteiger partial charge on any atom is -0.506 e. The number of rotatable bonds is 3. The van der Waals surface area contributed by atoms with E-state index in [1.807, 2.05) is 42.5 Å². The lowest BCUT2D eigenvalue weighted by molar-refractivity contribution is 0.0691. The van der Waals surface area contributed by atoms with Crippen LogP contribution in [-0.2, 0) is 6.42 Å². The Balaban J connectivity index is 1.99. The molecule has 0 aliphatic rings. The summed E-state index contributed by atoms with van der Waals surface area (Å²) in [7, 11) is 0. The molecule has 4 aromatic rings. The molecular weight excluding hydrogens is 332 g/mol. The van der Waals surface area contributed by atoms with Crippen LogP contribution in [0, 0.1) is 0 Å². The lowest BCUT2D eigenvalue weighted by Gasteiger charge is -2.12. The van der Waals surface area contributed by atoms with Gasteiger partial charge in [0.25, 0.3) is 5.56 Å². The van der Waals surface area contributed by atoms with Gasteiger partial charge in [-0.25, -0.2) is 4.79 Å². The average Bonchev–Trinajstić information content (AvgIpc) is 2.98. The highest BCUT2D eigenvalue weighted by molar-refractivity contribution is 6.08. The average molecular weight is 348 g/mol. The van der Waals surface area contributed by atoms with Crippen molar-refractivity contribution in [1.29, 1.82) is 0 Å². The molecule has 0 spiro atoms. The molecular formula is C20H16N2O4. The van der Waals surface area contributed by atoms with Crippen molar-refractivity contribution in [1.82, 2.24) is 9.97 Å². The van der Waals surface area contributed by atoms with Crippen LogP contribution in [0.15, 0.2) is 47.3 Å². The molecule has 0 atom stereocenters. The lowest BCUT2D eigenvalue weighted by atomic mass is 9.99. The molecule has 6 nitrogen and oxygen atoms in total. The van der Waals surface area contributed by atoms with Crippen LogP contribution in [0.2, 0.25) is 0 Å². The van der Waals surface area contributed by atoms with Gasteiger partial charge in [0.1, 0.15) is 5.75 Å². The van der Waals surface area contributed by atoms with Gasteiger partial charge >= 0.3 is 5.97 Å². The number of carbonyl (C=O) groups is 1. The van der Waals surface area contributed by atoms with Gasteiger partial charge in [0.05, 0.1) is 5.69 Å². The van der Waals surface area contributed by atoms with E-state index in [0.29, 0.717) is 23.2 Å². The van der Waals surface area contributed by atoms with Gasteiger partial charge in [0.15, 0.2) is 5.56 Å². The monoisotopic (exact) mass is 348 g/mol. The van der Waals surface area contributed by atoms with Crippen molar-refractivity contribution >= 4 is 27.8 Å². The fourth-order valence-electron chi connectivity index (χ4n) is 3.43. The maximum atomic E-state index is 12.1. The molecule has 0 aliphatic carbocycles. The number of fused-ring (bicyclic) bond motifs is 3. The SMILES string of the molecule is CCc1c(-c2ccc3c(c2)[nH]c2ccccc23)[nH]c(=O)c(C(=O)O)c1O. The van der Waals surface area contributed by atoms with Crippen molar-refractivity contribution in [2.45, 2.75) is 13.3 Å². The first-order chi connectivity index (χ1) is 12.5. The largest absolute Gasteiger partial charge is 0.506 e. The third kappa shape index (κ3) is 2.27. The Labute approximate surface area is 147 Å². The van der Waals surface area contributed by atoms with E-state index in [4.69, 9.17) is 5.11 Å². The molecule has 4 N–H and O–H groups in total. The van der Waals surface area contributed by atoms with Crippen LogP contribution in [0.4, 0.5) is 0 Å². The summed E-state index contributed by atoms with van der Waals surface area (Å²) in [4.78, 5) is 29.3. The van der Waals surface area contributed by atoms with E-state index in [2.05, 4.69) is 9.97 Å². The van der Waals surface area contributed by atoms with Gasteiger partial charge in [-0.15, -0.1) is 0 Å². The highest BCUT2D eigenvalue weighted by Crippen LogP contribution is 2.33. The number of benzene rings is 2. The van der Waals surface area contributed by atoms with Crippen LogP contribution in [0.25, 0.3) is 33.1 Å². The summed E-state index contributed by atoms with van der Waals surface area (Å²) in [6, 6.07) is 13.6. The van der Waals surface area contributed by atoms with Crippen LogP contribution in [0.5, 0.6) is 5.75 Å².